The maximum Gasteiger partial charge on any atom is 0.264 e. The summed E-state index contributed by atoms with van der Waals surface area (Å²) in [5.74, 6) is 0.996. The Labute approximate surface area is 160 Å². The summed E-state index contributed by atoms with van der Waals surface area (Å²) in [6.45, 7) is 2.41. The van der Waals surface area contributed by atoms with Crippen LogP contribution < -0.4 is 5.32 Å². The molecule has 1 saturated heterocycles. The molecular weight excluding hydrogens is 362 g/mol. The number of nitrogens with one attached hydrogen (secondary N) is 2. The number of hydrogen-bond donors (Lipinski definition) is 2. The van der Waals surface area contributed by atoms with Gasteiger partial charge in [0.2, 0.25) is 5.91 Å². The SMILES string of the molecule is CC(=O)N[C@@H]1CN(C(=O)c2cccs2)C[C@H]1c1nc(-c2ccccc2)n[nH]1. The van der Waals surface area contributed by atoms with Crippen molar-refractivity contribution in [1.82, 2.24) is 25.4 Å². The van der Waals surface area contributed by atoms with Crippen molar-refractivity contribution < 1.29 is 9.59 Å². The minimum atomic E-state index is -0.206. The topological polar surface area (TPSA) is 91.0 Å². The molecule has 2 atom stereocenters. The first-order valence-corrected chi connectivity index (χ1v) is 9.57. The molecule has 0 unspecified atom stereocenters. The van der Waals surface area contributed by atoms with Crippen molar-refractivity contribution in [2.24, 2.45) is 0 Å². The summed E-state index contributed by atoms with van der Waals surface area (Å²) in [7, 11) is 0. The summed E-state index contributed by atoms with van der Waals surface area (Å²) in [6.07, 6.45) is 0. The molecule has 3 aromatic rings. The normalized spacial score (nSPS) is 19.2. The molecule has 1 aliphatic heterocycles. The lowest BCUT2D eigenvalue weighted by Crippen LogP contribution is -2.39. The van der Waals surface area contributed by atoms with Gasteiger partial charge in [-0.05, 0) is 11.4 Å². The molecule has 1 aliphatic rings. The average Bonchev–Trinajstić information content (AvgIpc) is 3.41. The Morgan fingerprint density at radius 2 is 2.00 bits per heavy atom. The van der Waals surface area contributed by atoms with Gasteiger partial charge in [0, 0.05) is 25.6 Å². The Balaban J connectivity index is 1.58. The van der Waals surface area contributed by atoms with Crippen LogP contribution in [0, 0.1) is 0 Å². The van der Waals surface area contributed by atoms with Crippen LogP contribution >= 0.6 is 11.3 Å². The number of carbonyl (C=O) groups excluding carboxylic acids is 2. The van der Waals surface area contributed by atoms with Gasteiger partial charge in [0.05, 0.1) is 16.8 Å². The third-order valence-electron chi connectivity index (χ3n) is 4.61. The molecule has 27 heavy (non-hydrogen) atoms. The molecular formula is C19H19N5O2S. The minimum absolute atomic E-state index is 0.0225. The predicted octanol–water partition coefficient (Wildman–Crippen LogP) is 2.28. The number of rotatable bonds is 4. The van der Waals surface area contributed by atoms with E-state index in [0.717, 1.165) is 5.56 Å². The maximum absolute atomic E-state index is 12.7. The predicted molar refractivity (Wildman–Crippen MR) is 102 cm³/mol. The van der Waals surface area contributed by atoms with Gasteiger partial charge in [0.15, 0.2) is 5.82 Å². The molecule has 0 saturated carbocycles. The van der Waals surface area contributed by atoms with Gasteiger partial charge >= 0.3 is 0 Å². The number of H-pyrrole nitrogens is 1. The van der Waals surface area contributed by atoms with Gasteiger partial charge in [-0.25, -0.2) is 4.98 Å². The monoisotopic (exact) mass is 381 g/mol. The van der Waals surface area contributed by atoms with E-state index in [0.29, 0.717) is 29.6 Å². The van der Waals surface area contributed by atoms with E-state index in [1.54, 1.807) is 4.90 Å². The molecule has 7 nitrogen and oxygen atoms in total. The third kappa shape index (κ3) is 3.61. The molecule has 0 bridgehead atoms. The standard InChI is InChI=1S/C19H19N5O2S/c1-12(25)20-15-11-24(19(26)16-8-5-9-27-16)10-14(15)18-21-17(22-23-18)13-6-3-2-4-7-13/h2-9,14-15H,10-11H2,1H3,(H,20,25)(H,21,22,23)/t14-,15-/m1/s1. The Bertz CT molecular complexity index is 938. The van der Waals surface area contributed by atoms with Gasteiger partial charge in [-0.1, -0.05) is 36.4 Å². The van der Waals surface area contributed by atoms with Crippen LogP contribution in [0.3, 0.4) is 0 Å². The molecule has 4 rings (SSSR count). The lowest BCUT2D eigenvalue weighted by Gasteiger charge is -2.16. The van der Waals surface area contributed by atoms with E-state index in [-0.39, 0.29) is 23.8 Å². The van der Waals surface area contributed by atoms with Crippen molar-refractivity contribution in [2.45, 2.75) is 18.9 Å². The zero-order valence-electron chi connectivity index (χ0n) is 14.8. The van der Waals surface area contributed by atoms with Gasteiger partial charge in [-0.2, -0.15) is 5.10 Å². The summed E-state index contributed by atoms with van der Waals surface area (Å²) >= 11 is 1.42. The Hall–Kier alpha value is -3.00. The fourth-order valence-electron chi connectivity index (χ4n) is 3.37. The first kappa shape index (κ1) is 17.4. The van der Waals surface area contributed by atoms with Gasteiger partial charge in [0.25, 0.3) is 5.91 Å². The van der Waals surface area contributed by atoms with E-state index in [9.17, 15) is 9.59 Å². The molecule has 138 valence electrons. The largest absolute Gasteiger partial charge is 0.351 e. The number of nitrogens with zero attached hydrogens (tertiary/aromatic N) is 3. The summed E-state index contributed by atoms with van der Waals surface area (Å²) in [5.41, 5.74) is 0.917. The van der Waals surface area contributed by atoms with E-state index in [2.05, 4.69) is 20.5 Å². The Morgan fingerprint density at radius 3 is 2.70 bits per heavy atom. The smallest absolute Gasteiger partial charge is 0.264 e. The Kier molecular flexibility index (Phi) is 4.72. The second-order valence-electron chi connectivity index (χ2n) is 6.51. The number of hydrogen-bond acceptors (Lipinski definition) is 5. The van der Waals surface area contributed by atoms with Crippen LogP contribution in [0.5, 0.6) is 0 Å². The highest BCUT2D eigenvalue weighted by Gasteiger charge is 2.39. The van der Waals surface area contributed by atoms with Gasteiger partial charge in [0.1, 0.15) is 5.82 Å². The number of aromatic amines is 1. The van der Waals surface area contributed by atoms with E-state index in [1.165, 1.54) is 18.3 Å². The molecule has 2 N–H and O–H groups in total. The lowest BCUT2D eigenvalue weighted by molar-refractivity contribution is -0.119. The van der Waals surface area contributed by atoms with Crippen LogP contribution in [-0.2, 0) is 4.79 Å². The maximum atomic E-state index is 12.7. The summed E-state index contributed by atoms with van der Waals surface area (Å²) in [6, 6.07) is 13.2. The number of aromatic nitrogens is 3. The molecule has 1 aromatic carbocycles. The number of carbonyl (C=O) groups is 2. The summed E-state index contributed by atoms with van der Waals surface area (Å²) in [5, 5.41) is 12.1. The number of likely N-dealkylation sites (tertiary alicyclic amines) is 1. The highest BCUT2D eigenvalue weighted by Crippen LogP contribution is 2.28. The van der Waals surface area contributed by atoms with Gasteiger partial charge in [-0.15, -0.1) is 11.3 Å². The average molecular weight is 381 g/mol. The van der Waals surface area contributed by atoms with Gasteiger partial charge in [-0.3, -0.25) is 14.7 Å². The first-order valence-electron chi connectivity index (χ1n) is 8.69. The first-order chi connectivity index (χ1) is 13.1. The molecule has 0 aliphatic carbocycles. The zero-order valence-corrected chi connectivity index (χ0v) is 15.6. The third-order valence-corrected chi connectivity index (χ3v) is 5.47. The quantitative estimate of drug-likeness (QED) is 0.725. The molecule has 0 spiro atoms. The molecule has 2 aromatic heterocycles. The highest BCUT2D eigenvalue weighted by atomic mass is 32.1. The lowest BCUT2D eigenvalue weighted by atomic mass is 10.0. The zero-order chi connectivity index (χ0) is 18.8. The molecule has 1 fully saturated rings. The van der Waals surface area contributed by atoms with Crippen LogP contribution in [0.25, 0.3) is 11.4 Å². The van der Waals surface area contributed by atoms with Crippen molar-refractivity contribution in [3.05, 3.63) is 58.5 Å². The molecule has 3 heterocycles. The summed E-state index contributed by atoms with van der Waals surface area (Å²) in [4.78, 5) is 31.5. The number of thiophene rings is 1. The van der Waals surface area contributed by atoms with Crippen LogP contribution in [0.15, 0.2) is 47.8 Å². The van der Waals surface area contributed by atoms with Crippen LogP contribution in [0.4, 0.5) is 0 Å². The second kappa shape index (κ2) is 7.32. The van der Waals surface area contributed by atoms with Gasteiger partial charge < -0.3 is 10.2 Å². The Morgan fingerprint density at radius 1 is 1.19 bits per heavy atom. The fraction of sp³-hybridized carbons (Fsp3) is 0.263. The van der Waals surface area contributed by atoms with Crippen molar-refractivity contribution >= 4 is 23.2 Å². The van der Waals surface area contributed by atoms with E-state index in [4.69, 9.17) is 0 Å². The van der Waals surface area contributed by atoms with Crippen LogP contribution in [0.2, 0.25) is 0 Å². The number of benzene rings is 1. The molecule has 8 heteroatoms. The van der Waals surface area contributed by atoms with Crippen molar-refractivity contribution in [1.29, 1.82) is 0 Å². The number of amides is 2. The van der Waals surface area contributed by atoms with E-state index < -0.39 is 0 Å². The summed E-state index contributed by atoms with van der Waals surface area (Å²) < 4.78 is 0. The molecule has 0 radical (unpaired) electrons. The van der Waals surface area contributed by atoms with E-state index >= 15 is 0 Å². The van der Waals surface area contributed by atoms with Crippen molar-refractivity contribution in [2.75, 3.05) is 13.1 Å². The van der Waals surface area contributed by atoms with Crippen molar-refractivity contribution in [3.63, 3.8) is 0 Å². The van der Waals surface area contributed by atoms with Crippen LogP contribution in [-0.4, -0.2) is 51.0 Å². The fourth-order valence-corrected chi connectivity index (χ4v) is 4.06. The molecule has 2 amide bonds. The van der Waals surface area contributed by atoms with Crippen molar-refractivity contribution in [3.8, 4) is 11.4 Å². The highest BCUT2D eigenvalue weighted by molar-refractivity contribution is 7.12. The second-order valence-corrected chi connectivity index (χ2v) is 7.46. The van der Waals surface area contributed by atoms with Crippen LogP contribution in [0.1, 0.15) is 28.3 Å². The van der Waals surface area contributed by atoms with E-state index in [1.807, 2.05) is 47.8 Å². The minimum Gasteiger partial charge on any atom is -0.351 e.